The number of rotatable bonds is 5. The highest BCUT2D eigenvalue weighted by molar-refractivity contribution is 5.94. The largest absolute Gasteiger partial charge is 0.377 e. The summed E-state index contributed by atoms with van der Waals surface area (Å²) in [7, 11) is 0. The summed E-state index contributed by atoms with van der Waals surface area (Å²) < 4.78 is 5.62. The summed E-state index contributed by atoms with van der Waals surface area (Å²) in [5.74, 6) is -0.619. The monoisotopic (exact) mass is 279 g/mol. The summed E-state index contributed by atoms with van der Waals surface area (Å²) in [6.07, 6.45) is 1.87. The predicted octanol–water partition coefficient (Wildman–Crippen LogP) is 1.67. The topological polar surface area (TPSA) is 107 Å². The number of nitrogens with one attached hydrogen (secondary N) is 1. The minimum absolute atomic E-state index is 0.0865. The van der Waals surface area contributed by atoms with Crippen molar-refractivity contribution in [1.29, 1.82) is 0 Å². The van der Waals surface area contributed by atoms with Gasteiger partial charge < -0.3 is 15.8 Å². The van der Waals surface area contributed by atoms with Crippen molar-refractivity contribution in [3.05, 3.63) is 33.9 Å². The third-order valence-corrected chi connectivity index (χ3v) is 3.43. The maximum absolute atomic E-state index is 11.2. The summed E-state index contributed by atoms with van der Waals surface area (Å²) in [6, 6.07) is 4.03. The molecule has 0 radical (unpaired) electrons. The van der Waals surface area contributed by atoms with E-state index in [1.54, 1.807) is 0 Å². The molecule has 1 aliphatic rings. The number of amides is 1. The fourth-order valence-electron chi connectivity index (χ4n) is 2.25. The molecule has 1 saturated heterocycles. The van der Waals surface area contributed by atoms with Crippen molar-refractivity contribution in [3.63, 3.8) is 0 Å². The van der Waals surface area contributed by atoms with Crippen LogP contribution in [-0.2, 0) is 4.74 Å². The SMILES string of the molecule is CC1(CNc2cc(C(N)=O)ccc2[N+](=O)[O-])CCCO1. The lowest BCUT2D eigenvalue weighted by atomic mass is 10.0. The Bertz CT molecular complexity index is 538. The van der Waals surface area contributed by atoms with Crippen LogP contribution in [0.3, 0.4) is 0 Å². The van der Waals surface area contributed by atoms with E-state index in [9.17, 15) is 14.9 Å². The van der Waals surface area contributed by atoms with E-state index in [0.29, 0.717) is 13.2 Å². The van der Waals surface area contributed by atoms with Gasteiger partial charge in [-0.1, -0.05) is 0 Å². The number of nitro benzene ring substituents is 1. The molecular weight excluding hydrogens is 262 g/mol. The normalized spacial score (nSPS) is 21.6. The molecule has 0 spiro atoms. The second-order valence-corrected chi connectivity index (χ2v) is 5.11. The van der Waals surface area contributed by atoms with Crippen molar-refractivity contribution in [3.8, 4) is 0 Å². The molecule has 1 amide bonds. The average Bonchev–Trinajstić information content (AvgIpc) is 2.83. The Labute approximate surface area is 116 Å². The van der Waals surface area contributed by atoms with Gasteiger partial charge in [-0.25, -0.2) is 0 Å². The number of anilines is 1. The number of primary amides is 1. The average molecular weight is 279 g/mol. The minimum Gasteiger partial charge on any atom is -0.377 e. The number of benzene rings is 1. The Balaban J connectivity index is 2.21. The third-order valence-electron chi connectivity index (χ3n) is 3.43. The Morgan fingerprint density at radius 3 is 2.90 bits per heavy atom. The first-order valence-corrected chi connectivity index (χ1v) is 6.37. The maximum atomic E-state index is 11.2. The van der Waals surface area contributed by atoms with Crippen molar-refractivity contribution in [2.75, 3.05) is 18.5 Å². The molecule has 1 heterocycles. The molecule has 7 nitrogen and oxygen atoms in total. The Morgan fingerprint density at radius 1 is 1.60 bits per heavy atom. The predicted molar refractivity (Wildman–Crippen MR) is 73.7 cm³/mol. The van der Waals surface area contributed by atoms with E-state index in [4.69, 9.17) is 10.5 Å². The summed E-state index contributed by atoms with van der Waals surface area (Å²) in [6.45, 7) is 3.09. The van der Waals surface area contributed by atoms with Crippen LogP contribution in [0.2, 0.25) is 0 Å². The van der Waals surface area contributed by atoms with E-state index < -0.39 is 10.8 Å². The molecule has 1 aromatic rings. The highest BCUT2D eigenvalue weighted by atomic mass is 16.6. The van der Waals surface area contributed by atoms with E-state index in [-0.39, 0.29) is 22.5 Å². The Kier molecular flexibility index (Phi) is 3.89. The first kappa shape index (κ1) is 14.3. The van der Waals surface area contributed by atoms with Crippen LogP contribution in [0.15, 0.2) is 18.2 Å². The zero-order valence-corrected chi connectivity index (χ0v) is 11.2. The highest BCUT2D eigenvalue weighted by Crippen LogP contribution is 2.29. The van der Waals surface area contributed by atoms with Gasteiger partial charge >= 0.3 is 0 Å². The zero-order valence-electron chi connectivity index (χ0n) is 11.2. The zero-order chi connectivity index (χ0) is 14.8. The van der Waals surface area contributed by atoms with Crippen LogP contribution >= 0.6 is 0 Å². The lowest BCUT2D eigenvalue weighted by Crippen LogP contribution is -2.32. The number of nitro groups is 1. The molecule has 0 aromatic heterocycles. The van der Waals surface area contributed by atoms with Crippen molar-refractivity contribution in [2.45, 2.75) is 25.4 Å². The van der Waals surface area contributed by atoms with Gasteiger partial charge in [0.15, 0.2) is 0 Å². The molecule has 1 aliphatic heterocycles. The van der Waals surface area contributed by atoms with Crippen LogP contribution < -0.4 is 11.1 Å². The van der Waals surface area contributed by atoms with Crippen LogP contribution in [-0.4, -0.2) is 29.6 Å². The van der Waals surface area contributed by atoms with Crippen LogP contribution in [0.25, 0.3) is 0 Å². The number of nitrogens with zero attached hydrogens (tertiary/aromatic N) is 1. The first-order valence-electron chi connectivity index (χ1n) is 6.37. The molecule has 0 aliphatic carbocycles. The molecule has 1 aromatic carbocycles. The van der Waals surface area contributed by atoms with Crippen LogP contribution in [0.5, 0.6) is 0 Å². The van der Waals surface area contributed by atoms with Gasteiger partial charge in [0.2, 0.25) is 5.91 Å². The van der Waals surface area contributed by atoms with Gasteiger partial charge in [0, 0.05) is 24.8 Å². The standard InChI is InChI=1S/C13H17N3O4/c1-13(5-2-6-20-13)8-15-10-7-9(12(14)17)3-4-11(10)16(18)19/h3-4,7,15H,2,5-6,8H2,1H3,(H2,14,17). The quantitative estimate of drug-likeness (QED) is 0.629. The van der Waals surface area contributed by atoms with Crippen molar-refractivity contribution >= 4 is 17.3 Å². The molecular formula is C13H17N3O4. The van der Waals surface area contributed by atoms with E-state index in [1.165, 1.54) is 18.2 Å². The number of carbonyl (C=O) groups is 1. The Hall–Kier alpha value is -2.15. The summed E-state index contributed by atoms with van der Waals surface area (Å²) in [5.41, 5.74) is 5.28. The second-order valence-electron chi connectivity index (χ2n) is 5.11. The molecule has 1 unspecified atom stereocenters. The number of hydrogen-bond acceptors (Lipinski definition) is 5. The van der Waals surface area contributed by atoms with Gasteiger partial charge in [-0.2, -0.15) is 0 Å². The second kappa shape index (κ2) is 5.46. The third kappa shape index (κ3) is 3.05. The Morgan fingerprint density at radius 2 is 2.35 bits per heavy atom. The lowest BCUT2D eigenvalue weighted by Gasteiger charge is -2.24. The van der Waals surface area contributed by atoms with E-state index in [2.05, 4.69) is 5.32 Å². The van der Waals surface area contributed by atoms with E-state index in [1.807, 2.05) is 6.92 Å². The van der Waals surface area contributed by atoms with Crippen LogP contribution in [0, 0.1) is 10.1 Å². The number of hydrogen-bond donors (Lipinski definition) is 2. The molecule has 1 atom stereocenters. The molecule has 0 bridgehead atoms. The number of nitrogens with two attached hydrogens (primary N) is 1. The smallest absolute Gasteiger partial charge is 0.292 e. The molecule has 3 N–H and O–H groups in total. The molecule has 108 valence electrons. The summed E-state index contributed by atoms with van der Waals surface area (Å²) in [5, 5.41) is 14.0. The first-order chi connectivity index (χ1) is 9.41. The van der Waals surface area contributed by atoms with E-state index in [0.717, 1.165) is 12.8 Å². The lowest BCUT2D eigenvalue weighted by molar-refractivity contribution is -0.384. The highest BCUT2D eigenvalue weighted by Gasteiger charge is 2.30. The van der Waals surface area contributed by atoms with Gasteiger partial charge in [-0.15, -0.1) is 0 Å². The number of carbonyl (C=O) groups excluding carboxylic acids is 1. The fourth-order valence-corrected chi connectivity index (χ4v) is 2.25. The van der Waals surface area contributed by atoms with Crippen molar-refractivity contribution in [2.24, 2.45) is 5.73 Å². The summed E-state index contributed by atoms with van der Waals surface area (Å²) >= 11 is 0. The van der Waals surface area contributed by atoms with Crippen molar-refractivity contribution < 1.29 is 14.5 Å². The van der Waals surface area contributed by atoms with Gasteiger partial charge in [-0.05, 0) is 31.9 Å². The minimum atomic E-state index is -0.619. The van der Waals surface area contributed by atoms with Gasteiger partial charge in [0.1, 0.15) is 5.69 Å². The van der Waals surface area contributed by atoms with Crippen LogP contribution in [0.1, 0.15) is 30.1 Å². The van der Waals surface area contributed by atoms with E-state index >= 15 is 0 Å². The molecule has 2 rings (SSSR count). The summed E-state index contributed by atoms with van der Waals surface area (Å²) in [4.78, 5) is 21.7. The molecule has 20 heavy (non-hydrogen) atoms. The fraction of sp³-hybridized carbons (Fsp3) is 0.462. The molecule has 0 saturated carbocycles. The van der Waals surface area contributed by atoms with Gasteiger partial charge in [0.25, 0.3) is 5.69 Å². The number of ether oxygens (including phenoxy) is 1. The van der Waals surface area contributed by atoms with Crippen molar-refractivity contribution in [1.82, 2.24) is 0 Å². The molecule has 1 fully saturated rings. The van der Waals surface area contributed by atoms with Gasteiger partial charge in [0.05, 0.1) is 10.5 Å². The van der Waals surface area contributed by atoms with Crippen LogP contribution in [0.4, 0.5) is 11.4 Å². The molecule has 7 heteroatoms. The van der Waals surface area contributed by atoms with Gasteiger partial charge in [-0.3, -0.25) is 14.9 Å². The maximum Gasteiger partial charge on any atom is 0.292 e.